The van der Waals surface area contributed by atoms with Gasteiger partial charge in [-0.3, -0.25) is 24.4 Å². The molecule has 2 amide bonds. The summed E-state index contributed by atoms with van der Waals surface area (Å²) in [5.41, 5.74) is 6.31. The molecule has 408 valence electrons. The van der Waals surface area contributed by atoms with Crippen LogP contribution in [0, 0.1) is 0 Å². The van der Waals surface area contributed by atoms with Crippen molar-refractivity contribution >= 4 is 112 Å². The second-order valence-electron chi connectivity index (χ2n) is 19.4. The molecule has 2 saturated heterocycles. The van der Waals surface area contributed by atoms with E-state index in [0.29, 0.717) is 84.9 Å². The molecule has 0 aromatic heterocycles. The largest absolute Gasteiger partial charge is 0.506 e. The fourth-order valence-corrected chi connectivity index (χ4v) is 12.2. The highest BCUT2D eigenvalue weighted by Crippen LogP contribution is 2.43. The number of nitrogens with zero attached hydrogens (tertiary/aromatic N) is 9. The Balaban J connectivity index is 0.998. The van der Waals surface area contributed by atoms with Gasteiger partial charge in [-0.1, -0.05) is 53.5 Å². The molecule has 3 aliphatic heterocycles. The van der Waals surface area contributed by atoms with Crippen LogP contribution in [0.25, 0.3) is 5.57 Å². The first kappa shape index (κ1) is 57.3. The Kier molecular flexibility index (Phi) is 20.6. The number of rotatable bonds is 26. The molecule has 1 aliphatic carbocycles. The summed E-state index contributed by atoms with van der Waals surface area (Å²) in [6.45, 7) is 15.1. The molecule has 3 heterocycles. The first-order valence-corrected chi connectivity index (χ1v) is 29.1. The number of benzene rings is 4. The van der Waals surface area contributed by atoms with Crippen molar-refractivity contribution in [3.63, 3.8) is 0 Å². The van der Waals surface area contributed by atoms with Gasteiger partial charge in [-0.05, 0) is 144 Å². The lowest BCUT2D eigenvalue weighted by Crippen LogP contribution is -2.33. The molecule has 0 bridgehead atoms. The van der Waals surface area contributed by atoms with E-state index in [4.69, 9.17) is 9.47 Å². The summed E-state index contributed by atoms with van der Waals surface area (Å²) in [5, 5.41) is 34.0. The maximum absolute atomic E-state index is 14.3. The predicted octanol–water partition coefficient (Wildman–Crippen LogP) is 10.8. The Hall–Kier alpha value is -5.86. The van der Waals surface area contributed by atoms with E-state index in [1.807, 2.05) is 32.5 Å². The molecule has 2 N–H and O–H groups in total. The van der Waals surface area contributed by atoms with Crippen molar-refractivity contribution in [2.75, 3.05) is 119 Å². The van der Waals surface area contributed by atoms with Crippen LogP contribution in [0.1, 0.15) is 86.3 Å². The number of amides is 2. The van der Waals surface area contributed by atoms with Gasteiger partial charge < -0.3 is 34.6 Å². The highest BCUT2D eigenvalue weighted by Gasteiger charge is 2.43. The third-order valence-electron chi connectivity index (χ3n) is 14.1. The third kappa shape index (κ3) is 14.6. The fourth-order valence-electron chi connectivity index (χ4n) is 9.60. The molecule has 4 aromatic rings. The lowest BCUT2D eigenvalue weighted by molar-refractivity contribution is -0.126. The van der Waals surface area contributed by atoms with E-state index in [1.165, 1.54) is 30.7 Å². The monoisotopic (exact) mass is 1240 g/mol. The standard InChI is InChI=1S/C58H69Br3N10O6/c1-5-7-26-71-58(75)51(40(3)65-71)54-55(72)52(56(54)73)47-21-20-46(37-50(47)64-57(74)53-48(60)35-43(59)36-49(53)61)68(29-33-76-31-27-66(4)44-16-12-41(13-17-44)38-62-69-22-8-9-23-69)30-34-77-32-28-67(6-2)45-18-14-42(15-19-45)39-63-70-24-10-11-25-70/h12-21,35-39,72H,5-11,22-34H2,1-4H3,(H,64,74)/b54-51+,62-38+,63-39+. The number of allylic oxidation sites excluding steroid dienone is 2. The third-order valence-corrected chi connectivity index (χ3v) is 15.8. The Bertz CT molecular complexity index is 2870. The number of ether oxygens (including phenoxy) is 2. The van der Waals surface area contributed by atoms with Gasteiger partial charge >= 0.3 is 0 Å². The number of carbonyl (C=O) groups excluding carboxylic acids is 3. The van der Waals surface area contributed by atoms with Crippen molar-refractivity contribution in [2.24, 2.45) is 15.3 Å². The average molecular weight is 1240 g/mol. The van der Waals surface area contributed by atoms with Crippen LogP contribution in [0.4, 0.5) is 22.7 Å². The van der Waals surface area contributed by atoms with Gasteiger partial charge in [0.15, 0.2) is 0 Å². The summed E-state index contributed by atoms with van der Waals surface area (Å²) in [6, 6.07) is 25.7. The zero-order valence-corrected chi connectivity index (χ0v) is 49.2. The summed E-state index contributed by atoms with van der Waals surface area (Å²) >= 11 is 10.6. The number of Topliss-reactive ketones (excluding diaryl/α,β-unsaturated/α-hetero) is 1. The molecule has 0 atom stereocenters. The highest BCUT2D eigenvalue weighted by atomic mass is 79.9. The number of hydrogen-bond acceptors (Lipinski definition) is 14. The van der Waals surface area contributed by atoms with Gasteiger partial charge in [0, 0.05) is 109 Å². The first-order valence-electron chi connectivity index (χ1n) is 26.7. The average Bonchev–Trinajstić information content (AvgIpc) is 4.27. The van der Waals surface area contributed by atoms with Crippen molar-refractivity contribution in [1.29, 1.82) is 0 Å². The number of unbranched alkanes of at least 4 members (excludes halogenated alkanes) is 1. The summed E-state index contributed by atoms with van der Waals surface area (Å²) in [7, 11) is 2.05. The minimum atomic E-state index is -0.513. The Labute approximate surface area is 477 Å². The van der Waals surface area contributed by atoms with Crippen molar-refractivity contribution in [1.82, 2.24) is 15.0 Å². The highest BCUT2D eigenvalue weighted by molar-refractivity contribution is 9.11. The van der Waals surface area contributed by atoms with Crippen LogP contribution in [-0.4, -0.2) is 155 Å². The van der Waals surface area contributed by atoms with Crippen molar-refractivity contribution < 1.29 is 29.0 Å². The van der Waals surface area contributed by atoms with E-state index in [-0.39, 0.29) is 28.2 Å². The Morgan fingerprint density at radius 3 is 1.79 bits per heavy atom. The number of aliphatic hydroxyl groups is 1. The summed E-state index contributed by atoms with van der Waals surface area (Å²) < 4.78 is 14.5. The van der Waals surface area contributed by atoms with Crippen LogP contribution in [0.15, 0.2) is 124 Å². The van der Waals surface area contributed by atoms with Gasteiger partial charge in [0.25, 0.3) is 11.8 Å². The van der Waals surface area contributed by atoms with E-state index < -0.39 is 17.6 Å². The van der Waals surface area contributed by atoms with E-state index in [2.05, 4.69) is 149 Å². The van der Waals surface area contributed by atoms with Crippen LogP contribution in [0.5, 0.6) is 0 Å². The van der Waals surface area contributed by atoms with E-state index in [1.54, 1.807) is 31.2 Å². The maximum atomic E-state index is 14.3. The Morgan fingerprint density at radius 2 is 1.25 bits per heavy atom. The lowest BCUT2D eigenvalue weighted by atomic mass is 9.79. The minimum Gasteiger partial charge on any atom is -0.506 e. The van der Waals surface area contributed by atoms with Gasteiger partial charge in [0.1, 0.15) is 5.76 Å². The van der Waals surface area contributed by atoms with Crippen LogP contribution in [0.3, 0.4) is 0 Å². The molecule has 8 rings (SSSR count). The molecular weight excluding hydrogens is 1170 g/mol. The zero-order valence-electron chi connectivity index (χ0n) is 44.4. The number of hydrogen-bond donors (Lipinski definition) is 2. The SMILES string of the molecule is CCCCN1N=C(C)/C(=C2\C(=O)C(c3ccc(N(CCOCCN(C)c4ccc(/C=N/N5CCCC5)cc4)CCOCCN(CC)c4ccc(/C=N/N5CCCC5)cc4)cc3NC(=O)c3c(Br)cc(Br)cc3Br)=C2O)C1=O. The summed E-state index contributed by atoms with van der Waals surface area (Å²) in [5.74, 6) is -1.72. The van der Waals surface area contributed by atoms with E-state index in [9.17, 15) is 19.5 Å². The molecule has 4 aliphatic rings. The summed E-state index contributed by atoms with van der Waals surface area (Å²) in [4.78, 5) is 48.6. The van der Waals surface area contributed by atoms with Crippen LogP contribution in [-0.2, 0) is 19.1 Å². The topological polar surface area (TPSA) is 158 Å². The minimum absolute atomic E-state index is 0.00610. The molecule has 4 aromatic carbocycles. The molecule has 77 heavy (non-hydrogen) atoms. The molecule has 0 unspecified atom stereocenters. The van der Waals surface area contributed by atoms with Gasteiger partial charge in [0.05, 0.1) is 72.5 Å². The number of nitrogens with one attached hydrogen (secondary N) is 1. The summed E-state index contributed by atoms with van der Waals surface area (Å²) in [6.07, 6.45) is 10.2. The van der Waals surface area contributed by atoms with Crippen molar-refractivity contribution in [2.45, 2.75) is 59.3 Å². The van der Waals surface area contributed by atoms with Crippen molar-refractivity contribution in [3.05, 3.63) is 131 Å². The molecule has 0 spiro atoms. The molecule has 2 fully saturated rings. The normalized spacial score (nSPS) is 16.7. The number of anilines is 4. The molecule has 16 nitrogen and oxygen atoms in total. The number of ketones is 1. The zero-order chi connectivity index (χ0) is 54.4. The van der Waals surface area contributed by atoms with Gasteiger partial charge in [-0.25, -0.2) is 5.01 Å². The quantitative estimate of drug-likeness (QED) is 0.0350. The van der Waals surface area contributed by atoms with Gasteiger partial charge in [-0.2, -0.15) is 15.3 Å². The van der Waals surface area contributed by atoms with Crippen molar-refractivity contribution in [3.8, 4) is 0 Å². The van der Waals surface area contributed by atoms with E-state index in [0.717, 1.165) is 78.2 Å². The number of halogens is 3. The molecule has 19 heteroatoms. The van der Waals surface area contributed by atoms with Crippen LogP contribution >= 0.6 is 47.8 Å². The molecule has 0 saturated carbocycles. The smallest absolute Gasteiger partial charge is 0.276 e. The number of likely N-dealkylation sites (N-methyl/N-ethyl adjacent to an activating group) is 2. The first-order chi connectivity index (χ1) is 37.3. The second kappa shape index (κ2) is 27.6. The van der Waals surface area contributed by atoms with Gasteiger partial charge in [0.2, 0.25) is 5.78 Å². The van der Waals surface area contributed by atoms with E-state index >= 15 is 0 Å². The maximum Gasteiger partial charge on any atom is 0.276 e. The lowest BCUT2D eigenvalue weighted by Gasteiger charge is -2.29. The van der Waals surface area contributed by atoms with Gasteiger partial charge in [-0.15, -0.1) is 0 Å². The fraction of sp³-hybridized carbons (Fsp3) is 0.414. The molecular formula is C58H69Br3N10O6. The molecule has 0 radical (unpaired) electrons. The Morgan fingerprint density at radius 1 is 0.714 bits per heavy atom. The van der Waals surface area contributed by atoms with Crippen LogP contribution in [0.2, 0.25) is 0 Å². The van der Waals surface area contributed by atoms with Crippen LogP contribution < -0.4 is 20.0 Å². The number of aliphatic hydroxyl groups excluding tert-OH is 1. The number of carbonyl (C=O) groups is 3. The number of hydrazone groups is 3. The second-order valence-corrected chi connectivity index (χ2v) is 22.0. The predicted molar refractivity (Wildman–Crippen MR) is 320 cm³/mol.